The largest absolute Gasteiger partial charge is 0.494 e. The van der Waals surface area contributed by atoms with E-state index in [0.717, 1.165) is 66.9 Å². The first-order valence-corrected chi connectivity index (χ1v) is 27.7. The molecule has 12 heteroatoms. The molecule has 2 aromatic carbocycles. The number of ketones is 2. The Morgan fingerprint density at radius 1 is 0.838 bits per heavy atom. The lowest BCUT2D eigenvalue weighted by atomic mass is 9.47. The highest BCUT2D eigenvalue weighted by molar-refractivity contribution is 6.04. The molecule has 5 aliphatic carbocycles. The molecule has 2 aromatic rings. The Balaban J connectivity index is 0.793. The van der Waals surface area contributed by atoms with Gasteiger partial charge in [-0.3, -0.25) is 24.0 Å². The third-order valence-corrected chi connectivity index (χ3v) is 18.5. The number of carboxylic acid groups (broad SMARTS) is 1. The second-order valence-corrected chi connectivity index (χ2v) is 23.6. The number of carbonyl (C=O) groups is 4. The maximum atomic E-state index is 15.1. The Bertz CT molecular complexity index is 2780. The first-order valence-electron chi connectivity index (χ1n) is 27.7. The monoisotopic (exact) mass is 1020 g/mol. The zero-order valence-electron chi connectivity index (χ0n) is 44.8. The smallest absolute Gasteiger partial charge is 0.303 e. The summed E-state index contributed by atoms with van der Waals surface area (Å²) in [5.74, 6) is 1.12. The quantitative estimate of drug-likeness (QED) is 0.0421. The summed E-state index contributed by atoms with van der Waals surface area (Å²) < 4.78 is 47.3. The van der Waals surface area contributed by atoms with Gasteiger partial charge in [0.25, 0.3) is 5.91 Å². The number of aryl methyl sites for hydroxylation is 1. The highest BCUT2D eigenvalue weighted by Crippen LogP contribution is 2.67. The van der Waals surface area contributed by atoms with Gasteiger partial charge in [0.05, 0.1) is 19.3 Å². The zero-order chi connectivity index (χ0) is 53.1. The molecule has 1 heterocycles. The molecule has 3 fully saturated rings. The van der Waals surface area contributed by atoms with Crippen LogP contribution in [0.2, 0.25) is 0 Å². The van der Waals surface area contributed by atoms with E-state index in [1.165, 1.54) is 83.1 Å². The molecular formula is C62H79F2NO9. The summed E-state index contributed by atoms with van der Waals surface area (Å²) in [6.07, 6.45) is 18.9. The van der Waals surface area contributed by atoms with Gasteiger partial charge in [-0.15, -0.1) is 0 Å². The molecule has 1 aliphatic heterocycles. The number of amides is 1. The molecule has 2 N–H and O–H groups in total. The van der Waals surface area contributed by atoms with Gasteiger partial charge >= 0.3 is 5.97 Å². The molecule has 9 atom stereocenters. The third kappa shape index (κ3) is 11.8. The van der Waals surface area contributed by atoms with Crippen LogP contribution in [-0.2, 0) is 19.1 Å². The average molecular weight is 1020 g/mol. The van der Waals surface area contributed by atoms with Crippen LogP contribution in [0.25, 0.3) is 33.4 Å². The first-order chi connectivity index (χ1) is 35.3. The summed E-state index contributed by atoms with van der Waals surface area (Å²) in [6.45, 7) is 14.8. The normalized spacial score (nSPS) is 25.2. The lowest BCUT2D eigenvalue weighted by Crippen LogP contribution is -2.51. The molecule has 1 amide bonds. The van der Waals surface area contributed by atoms with Crippen LogP contribution in [0, 0.1) is 64.9 Å². The number of carboxylic acids is 1. The summed E-state index contributed by atoms with van der Waals surface area (Å²) in [7, 11) is 1.30. The highest BCUT2D eigenvalue weighted by atomic mass is 19.1. The second-order valence-electron chi connectivity index (χ2n) is 23.6. The van der Waals surface area contributed by atoms with Gasteiger partial charge in [0.2, 0.25) is 5.43 Å². The maximum Gasteiger partial charge on any atom is 0.303 e. The lowest BCUT2D eigenvalue weighted by molar-refractivity contribution is -0.137. The van der Waals surface area contributed by atoms with Gasteiger partial charge in [-0.2, -0.15) is 0 Å². The minimum absolute atomic E-state index is 0.00408. The Morgan fingerprint density at radius 2 is 1.62 bits per heavy atom. The van der Waals surface area contributed by atoms with Gasteiger partial charge in [0.1, 0.15) is 17.1 Å². The Kier molecular flexibility index (Phi) is 17.4. The third-order valence-electron chi connectivity index (χ3n) is 18.5. The Hall–Kier alpha value is -5.23. The first kappa shape index (κ1) is 55.0. The van der Waals surface area contributed by atoms with E-state index in [2.05, 4.69) is 46.0 Å². The van der Waals surface area contributed by atoms with Crippen LogP contribution >= 0.6 is 0 Å². The Morgan fingerprint density at radius 3 is 2.36 bits per heavy atom. The number of carbonyl (C=O) groups excluding carboxylic acids is 3. The van der Waals surface area contributed by atoms with E-state index in [9.17, 15) is 33.5 Å². The van der Waals surface area contributed by atoms with Crippen LogP contribution in [0.1, 0.15) is 173 Å². The number of methoxy groups -OCH3 is 1. The van der Waals surface area contributed by atoms with Gasteiger partial charge in [0, 0.05) is 66.5 Å². The van der Waals surface area contributed by atoms with Crippen molar-refractivity contribution in [3.05, 3.63) is 87.1 Å². The molecule has 8 rings (SSSR count). The fraction of sp³-hybridized carbons (Fsp3) is 0.597. The lowest BCUT2D eigenvalue weighted by Gasteiger charge is -2.58. The van der Waals surface area contributed by atoms with Gasteiger partial charge < -0.3 is 24.3 Å². The van der Waals surface area contributed by atoms with Crippen molar-refractivity contribution in [2.24, 2.45) is 46.3 Å². The van der Waals surface area contributed by atoms with E-state index in [1.807, 2.05) is 0 Å². The van der Waals surface area contributed by atoms with E-state index >= 15 is 4.39 Å². The molecule has 0 spiro atoms. The van der Waals surface area contributed by atoms with E-state index < -0.39 is 35.0 Å². The van der Waals surface area contributed by atoms with Gasteiger partial charge in [-0.05, 0) is 166 Å². The van der Waals surface area contributed by atoms with Crippen molar-refractivity contribution >= 4 is 34.4 Å². The van der Waals surface area contributed by atoms with Crippen molar-refractivity contribution in [1.29, 1.82) is 0 Å². The van der Waals surface area contributed by atoms with Gasteiger partial charge in [-0.1, -0.05) is 71.6 Å². The number of rotatable bonds is 23. The van der Waals surface area contributed by atoms with Crippen LogP contribution in [0.4, 0.5) is 8.78 Å². The number of allylic oxidation sites excluding steroid dienone is 1. The number of halogens is 2. The molecule has 6 aliphatic rings. The fourth-order valence-electron chi connectivity index (χ4n) is 14.5. The number of ether oxygens (including phenoxy) is 2. The molecule has 0 aromatic heterocycles. The number of hydrogen-bond donors (Lipinski definition) is 2. The van der Waals surface area contributed by atoms with Crippen LogP contribution in [0.5, 0.6) is 5.75 Å². The molecule has 0 saturated heterocycles. The van der Waals surface area contributed by atoms with Crippen molar-refractivity contribution in [3.63, 3.8) is 0 Å². The predicted octanol–water partition coefficient (Wildman–Crippen LogP) is 14.0. The standard InChI is InChI=1S/C62H79F2NO9/c1-36(2)12-10-13-37(3)47-21-22-48-44-20-18-40-31-42(25-27-61(40,5)49(44)26-28-62(47,48)6)73-29-9-8-14-41(66)15-11-16-53(67)52(23-24-58(69)70)65-60(71)39-17-19-43(38(4)30-39)59-45-32-50(63)54(68)34-55(45)74-56-35-57(72-7)51(64)33-46(56)59/h17-19,30,32-37,42,44,47-49,52H,8-16,20-29,31H2,1-7H3,(H,65,71)(H,69,70)/t37-,42+,44-,47?,48+,49?,52+,61?,62?/m1/s1. The molecule has 0 radical (unpaired) electrons. The SMILES string of the molecule is COc1cc2oc3cc(=O)c(F)cc-3c(-c3ccc(C(=O)N[C@@H](CCC(=O)O)C(=O)CCCC(=O)CCCCO[C@H]4CCC5(C)C(=CC[C@H]6C5CCC5(C)C([C@H](C)CCCC(C)C)CC[C@@H]65)C4)cc3C)c2cc1F. The summed E-state index contributed by atoms with van der Waals surface area (Å²) in [6, 6.07) is 8.17. The highest BCUT2D eigenvalue weighted by Gasteiger charge is 2.59. The van der Waals surface area contributed by atoms with Crippen molar-refractivity contribution in [2.45, 2.75) is 176 Å². The summed E-state index contributed by atoms with van der Waals surface area (Å²) in [5, 5.41) is 12.5. The van der Waals surface area contributed by atoms with Crippen LogP contribution in [0.15, 0.2) is 63.3 Å². The number of Topliss-reactive ketones (excluding diaryl/α,β-unsaturated/α-hetero) is 2. The number of benzene rings is 3. The maximum absolute atomic E-state index is 15.1. The zero-order valence-corrected chi connectivity index (χ0v) is 44.8. The number of aliphatic carboxylic acids is 1. The summed E-state index contributed by atoms with van der Waals surface area (Å²) >= 11 is 0. The molecule has 0 bridgehead atoms. The van der Waals surface area contributed by atoms with Gasteiger partial charge in [-0.25, -0.2) is 8.78 Å². The van der Waals surface area contributed by atoms with E-state index in [-0.39, 0.29) is 88.8 Å². The van der Waals surface area contributed by atoms with E-state index in [1.54, 1.807) is 24.6 Å². The summed E-state index contributed by atoms with van der Waals surface area (Å²) in [4.78, 5) is 64.0. The second kappa shape index (κ2) is 23.3. The van der Waals surface area contributed by atoms with Crippen LogP contribution in [-0.4, -0.2) is 54.4 Å². The van der Waals surface area contributed by atoms with E-state index in [4.69, 9.17) is 13.9 Å². The number of fused-ring (bicyclic) bond motifs is 7. The van der Waals surface area contributed by atoms with Crippen molar-refractivity contribution in [2.75, 3.05) is 13.7 Å². The average Bonchev–Trinajstić information content (AvgIpc) is 3.72. The van der Waals surface area contributed by atoms with Crippen molar-refractivity contribution < 1.29 is 47.0 Å². The molecule has 10 nitrogen and oxygen atoms in total. The van der Waals surface area contributed by atoms with Crippen molar-refractivity contribution in [1.82, 2.24) is 5.32 Å². The molecular weight excluding hydrogens is 941 g/mol. The number of unbranched alkanes of at least 4 members (excludes halogenated alkanes) is 1. The predicted molar refractivity (Wildman–Crippen MR) is 284 cm³/mol. The fourth-order valence-corrected chi connectivity index (χ4v) is 14.5. The molecule has 74 heavy (non-hydrogen) atoms. The van der Waals surface area contributed by atoms with Crippen molar-refractivity contribution in [3.8, 4) is 28.2 Å². The molecule has 400 valence electrons. The minimum Gasteiger partial charge on any atom is -0.494 e. The number of hydrogen-bond acceptors (Lipinski definition) is 8. The van der Waals surface area contributed by atoms with Gasteiger partial charge in [0.15, 0.2) is 23.2 Å². The molecule has 3 saturated carbocycles. The van der Waals surface area contributed by atoms with E-state index in [0.29, 0.717) is 41.6 Å². The summed E-state index contributed by atoms with van der Waals surface area (Å²) in [5.41, 5.74) is 3.47. The molecule has 4 unspecified atom stereocenters. The van der Waals surface area contributed by atoms with Crippen LogP contribution < -0.4 is 15.5 Å². The Labute approximate surface area is 436 Å². The minimum atomic E-state index is -1.12. The van der Waals surface area contributed by atoms with Crippen LogP contribution in [0.3, 0.4) is 0 Å². The topological polar surface area (TPSA) is 149 Å². The number of nitrogens with one attached hydrogen (secondary N) is 1.